The molecule has 21 heavy (non-hydrogen) atoms. The highest BCUT2D eigenvalue weighted by atomic mass is 16.2. The van der Waals surface area contributed by atoms with Crippen molar-refractivity contribution in [1.29, 1.82) is 0 Å². The fraction of sp³-hybridized carbons (Fsp3) is 0.500. The highest BCUT2D eigenvalue weighted by Crippen LogP contribution is 2.35. The van der Waals surface area contributed by atoms with Crippen LogP contribution in [0.3, 0.4) is 0 Å². The zero-order valence-electron chi connectivity index (χ0n) is 11.9. The van der Waals surface area contributed by atoms with Crippen LogP contribution in [-0.4, -0.2) is 42.5 Å². The number of amides is 3. The second kappa shape index (κ2) is 4.76. The van der Waals surface area contributed by atoms with Gasteiger partial charge < -0.3 is 15.1 Å². The van der Waals surface area contributed by atoms with Crippen LogP contribution in [0.4, 0.5) is 10.5 Å². The summed E-state index contributed by atoms with van der Waals surface area (Å²) < 4.78 is 0. The van der Waals surface area contributed by atoms with Crippen molar-refractivity contribution in [2.24, 2.45) is 11.8 Å². The molecule has 2 heterocycles. The van der Waals surface area contributed by atoms with Gasteiger partial charge in [-0.05, 0) is 25.0 Å². The Morgan fingerprint density at radius 2 is 1.86 bits per heavy atom. The minimum Gasteiger partial charge on any atom is -0.335 e. The smallest absolute Gasteiger partial charge is 0.317 e. The predicted molar refractivity (Wildman–Crippen MR) is 78.9 cm³/mol. The van der Waals surface area contributed by atoms with Crippen LogP contribution in [0.15, 0.2) is 30.3 Å². The van der Waals surface area contributed by atoms with Crippen molar-refractivity contribution < 1.29 is 9.59 Å². The minimum atomic E-state index is -0.0323. The summed E-state index contributed by atoms with van der Waals surface area (Å²) >= 11 is 0. The molecule has 2 saturated heterocycles. The van der Waals surface area contributed by atoms with E-state index in [4.69, 9.17) is 0 Å². The highest BCUT2D eigenvalue weighted by molar-refractivity contribution is 5.98. The largest absolute Gasteiger partial charge is 0.335 e. The topological polar surface area (TPSA) is 52.7 Å². The molecule has 0 bridgehead atoms. The van der Waals surface area contributed by atoms with E-state index in [-0.39, 0.29) is 23.8 Å². The van der Waals surface area contributed by atoms with Gasteiger partial charge >= 0.3 is 6.03 Å². The molecule has 1 saturated carbocycles. The SMILES string of the molecule is O=C(NC1CC1)N1C[C@H]2CN(c3ccccc3)C(=O)[C@H]2C1. The predicted octanol–water partition coefficient (Wildman–Crippen LogP) is 1.45. The number of carbonyl (C=O) groups is 2. The first-order valence-corrected chi connectivity index (χ1v) is 7.64. The Morgan fingerprint density at radius 1 is 1.10 bits per heavy atom. The molecule has 3 aliphatic rings. The molecule has 0 aromatic heterocycles. The summed E-state index contributed by atoms with van der Waals surface area (Å²) in [6.45, 7) is 1.98. The van der Waals surface area contributed by atoms with E-state index in [2.05, 4.69) is 5.32 Å². The van der Waals surface area contributed by atoms with Crippen LogP contribution in [0.5, 0.6) is 0 Å². The Bertz CT molecular complexity index is 570. The standard InChI is InChI=1S/C16H19N3O2/c20-15-14-10-18(16(21)17-12-6-7-12)8-11(14)9-19(15)13-4-2-1-3-5-13/h1-5,11-12,14H,6-10H2,(H,17,21)/t11-,14-/m0/s1. The fourth-order valence-electron chi connectivity index (χ4n) is 3.36. The molecule has 0 unspecified atom stereocenters. The molecule has 5 heteroatoms. The molecule has 2 aliphatic heterocycles. The maximum atomic E-state index is 12.6. The lowest BCUT2D eigenvalue weighted by Gasteiger charge is -2.22. The van der Waals surface area contributed by atoms with E-state index in [0.717, 1.165) is 25.1 Å². The van der Waals surface area contributed by atoms with Crippen LogP contribution >= 0.6 is 0 Å². The Labute approximate surface area is 123 Å². The number of fused-ring (bicyclic) bond motifs is 1. The number of urea groups is 1. The van der Waals surface area contributed by atoms with Gasteiger partial charge in [0.05, 0.1) is 5.92 Å². The summed E-state index contributed by atoms with van der Waals surface area (Å²) in [5.74, 6) is 0.394. The number of anilines is 1. The highest BCUT2D eigenvalue weighted by Gasteiger charge is 2.48. The number of nitrogens with one attached hydrogen (secondary N) is 1. The molecule has 5 nitrogen and oxygen atoms in total. The van der Waals surface area contributed by atoms with Gasteiger partial charge in [0.15, 0.2) is 0 Å². The molecular weight excluding hydrogens is 266 g/mol. The summed E-state index contributed by atoms with van der Waals surface area (Å²) in [5.41, 5.74) is 0.964. The van der Waals surface area contributed by atoms with Crippen LogP contribution in [0.25, 0.3) is 0 Å². The van der Waals surface area contributed by atoms with Gasteiger partial charge in [-0.25, -0.2) is 4.79 Å². The summed E-state index contributed by atoms with van der Waals surface area (Å²) in [5, 5.41) is 3.00. The van der Waals surface area contributed by atoms with Crippen molar-refractivity contribution in [2.75, 3.05) is 24.5 Å². The quantitative estimate of drug-likeness (QED) is 0.894. The molecule has 1 aromatic carbocycles. The maximum absolute atomic E-state index is 12.6. The van der Waals surface area contributed by atoms with Gasteiger partial charge in [-0.3, -0.25) is 4.79 Å². The van der Waals surface area contributed by atoms with Crippen LogP contribution in [-0.2, 0) is 4.79 Å². The molecule has 2 atom stereocenters. The zero-order chi connectivity index (χ0) is 14.4. The number of hydrogen-bond acceptors (Lipinski definition) is 2. The van der Waals surface area contributed by atoms with E-state index in [1.54, 1.807) is 0 Å². The van der Waals surface area contributed by atoms with Crippen LogP contribution in [0.2, 0.25) is 0 Å². The third-order valence-corrected chi connectivity index (χ3v) is 4.70. The molecule has 4 rings (SSSR count). The van der Waals surface area contributed by atoms with E-state index in [1.807, 2.05) is 40.1 Å². The Balaban J connectivity index is 1.43. The maximum Gasteiger partial charge on any atom is 0.317 e. The van der Waals surface area contributed by atoms with Crippen molar-refractivity contribution in [1.82, 2.24) is 10.2 Å². The molecule has 1 aromatic rings. The molecule has 3 amide bonds. The average Bonchev–Trinajstić information content (AvgIpc) is 3.12. The van der Waals surface area contributed by atoms with E-state index >= 15 is 0 Å². The van der Waals surface area contributed by atoms with Crippen LogP contribution in [0.1, 0.15) is 12.8 Å². The average molecular weight is 285 g/mol. The molecule has 1 aliphatic carbocycles. The van der Waals surface area contributed by atoms with Gasteiger partial charge in [-0.15, -0.1) is 0 Å². The van der Waals surface area contributed by atoms with Crippen LogP contribution in [0, 0.1) is 11.8 Å². The third kappa shape index (κ3) is 2.26. The number of nitrogens with zero attached hydrogens (tertiary/aromatic N) is 2. The summed E-state index contributed by atoms with van der Waals surface area (Å²) in [6, 6.07) is 10.2. The number of rotatable bonds is 2. The first kappa shape index (κ1) is 12.7. The lowest BCUT2D eigenvalue weighted by atomic mass is 10.0. The Hall–Kier alpha value is -2.04. The Morgan fingerprint density at radius 3 is 2.52 bits per heavy atom. The van der Waals surface area contributed by atoms with E-state index < -0.39 is 0 Å². The normalized spacial score (nSPS) is 27.9. The van der Waals surface area contributed by atoms with E-state index in [9.17, 15) is 9.59 Å². The number of benzene rings is 1. The second-order valence-electron chi connectivity index (χ2n) is 6.28. The minimum absolute atomic E-state index is 0.00552. The third-order valence-electron chi connectivity index (χ3n) is 4.70. The molecule has 0 radical (unpaired) electrons. The zero-order valence-corrected chi connectivity index (χ0v) is 11.9. The molecule has 1 N–H and O–H groups in total. The van der Waals surface area contributed by atoms with Gasteiger partial charge in [0.1, 0.15) is 0 Å². The number of likely N-dealkylation sites (tertiary alicyclic amines) is 1. The molecular formula is C16H19N3O2. The lowest BCUT2D eigenvalue weighted by Crippen LogP contribution is -2.42. The van der Waals surface area contributed by atoms with Crippen molar-refractivity contribution in [3.63, 3.8) is 0 Å². The van der Waals surface area contributed by atoms with Gasteiger partial charge in [-0.2, -0.15) is 0 Å². The van der Waals surface area contributed by atoms with Crippen molar-refractivity contribution in [2.45, 2.75) is 18.9 Å². The number of para-hydroxylation sites is 1. The fourth-order valence-corrected chi connectivity index (χ4v) is 3.36. The van der Waals surface area contributed by atoms with E-state index in [1.165, 1.54) is 0 Å². The summed E-state index contributed by atoms with van der Waals surface area (Å²) in [4.78, 5) is 28.3. The second-order valence-corrected chi connectivity index (χ2v) is 6.28. The summed E-state index contributed by atoms with van der Waals surface area (Å²) in [7, 11) is 0. The monoisotopic (exact) mass is 285 g/mol. The van der Waals surface area contributed by atoms with Crippen LogP contribution < -0.4 is 10.2 Å². The van der Waals surface area contributed by atoms with Crippen molar-refractivity contribution >= 4 is 17.6 Å². The van der Waals surface area contributed by atoms with E-state index in [0.29, 0.717) is 19.1 Å². The first-order chi connectivity index (χ1) is 10.2. The van der Waals surface area contributed by atoms with Crippen molar-refractivity contribution in [3.05, 3.63) is 30.3 Å². The number of carbonyl (C=O) groups excluding carboxylic acids is 2. The first-order valence-electron chi connectivity index (χ1n) is 7.64. The van der Waals surface area contributed by atoms with Gasteiger partial charge in [0.2, 0.25) is 5.91 Å². The lowest BCUT2D eigenvalue weighted by molar-refractivity contribution is -0.120. The Kier molecular flexibility index (Phi) is 2.87. The van der Waals surface area contributed by atoms with Gasteiger partial charge in [-0.1, -0.05) is 18.2 Å². The summed E-state index contributed by atoms with van der Waals surface area (Å²) in [6.07, 6.45) is 2.18. The number of hydrogen-bond donors (Lipinski definition) is 1. The molecule has 0 spiro atoms. The van der Waals surface area contributed by atoms with Gasteiger partial charge in [0, 0.05) is 37.3 Å². The molecule has 110 valence electrons. The molecule has 3 fully saturated rings. The van der Waals surface area contributed by atoms with Crippen molar-refractivity contribution in [3.8, 4) is 0 Å². The van der Waals surface area contributed by atoms with Gasteiger partial charge in [0.25, 0.3) is 0 Å².